The third-order valence-corrected chi connectivity index (χ3v) is 3.33. The Kier molecular flexibility index (Phi) is 5.77. The van der Waals surface area contributed by atoms with Crippen LogP contribution in [0.2, 0.25) is 0 Å². The summed E-state index contributed by atoms with van der Waals surface area (Å²) in [5.74, 6) is -0.701. The number of piperidine rings is 1. The number of aliphatic hydroxyl groups excluding tert-OH is 1. The average Bonchev–Trinajstić information content (AvgIpc) is 2.22. The topological polar surface area (TPSA) is 69.6 Å². The van der Waals surface area contributed by atoms with Gasteiger partial charge in [0.1, 0.15) is 0 Å². The van der Waals surface area contributed by atoms with Crippen molar-refractivity contribution >= 4 is 5.97 Å². The van der Waals surface area contributed by atoms with Crippen LogP contribution in [0.15, 0.2) is 0 Å². The monoisotopic (exact) mass is 229 g/mol. The lowest BCUT2D eigenvalue weighted by molar-refractivity contribution is -0.137. The van der Waals surface area contributed by atoms with Gasteiger partial charge in [0.2, 0.25) is 0 Å². The summed E-state index contributed by atoms with van der Waals surface area (Å²) in [6.45, 7) is 2.02. The quantitative estimate of drug-likeness (QED) is 0.604. The molecule has 0 aliphatic carbocycles. The lowest BCUT2D eigenvalue weighted by atomic mass is 9.93. The molecule has 1 heterocycles. The minimum Gasteiger partial charge on any atom is -0.481 e. The van der Waals surface area contributed by atoms with Gasteiger partial charge in [-0.15, -0.1) is 0 Å². The van der Waals surface area contributed by atoms with Crippen molar-refractivity contribution < 1.29 is 15.0 Å². The van der Waals surface area contributed by atoms with Gasteiger partial charge in [-0.25, -0.2) is 0 Å². The first-order valence-electron chi connectivity index (χ1n) is 6.25. The number of nitrogens with one attached hydrogen (secondary N) is 1. The molecule has 94 valence electrons. The molecule has 0 spiro atoms. The molecule has 0 bridgehead atoms. The summed E-state index contributed by atoms with van der Waals surface area (Å²) in [7, 11) is 0. The highest BCUT2D eigenvalue weighted by Crippen LogP contribution is 2.17. The van der Waals surface area contributed by atoms with Gasteiger partial charge in [-0.2, -0.15) is 0 Å². The molecule has 0 aromatic carbocycles. The van der Waals surface area contributed by atoms with E-state index in [1.807, 2.05) is 6.92 Å². The predicted octanol–water partition coefficient (Wildman–Crippen LogP) is 1.52. The molecule has 1 saturated heterocycles. The number of hydrogen-bond acceptors (Lipinski definition) is 3. The number of carboxylic acids is 1. The molecule has 1 aliphatic heterocycles. The van der Waals surface area contributed by atoms with Crippen LogP contribution in [0.4, 0.5) is 0 Å². The highest BCUT2D eigenvalue weighted by atomic mass is 16.4. The van der Waals surface area contributed by atoms with E-state index in [9.17, 15) is 9.90 Å². The standard InChI is InChI=1S/C12H23NO3/c1-9-11(14)8-7-10(13-9)5-3-2-4-6-12(15)16/h9-11,13-14H,2-8H2,1H3,(H,15,16)/t9-,10+,11-/m0/s1. The van der Waals surface area contributed by atoms with Crippen LogP contribution in [0.5, 0.6) is 0 Å². The Balaban J connectivity index is 2.03. The molecule has 0 aromatic rings. The molecule has 1 aliphatic rings. The zero-order valence-corrected chi connectivity index (χ0v) is 9.98. The summed E-state index contributed by atoms with van der Waals surface area (Å²) in [6, 6.07) is 0.695. The van der Waals surface area contributed by atoms with E-state index in [2.05, 4.69) is 5.32 Å². The van der Waals surface area contributed by atoms with Gasteiger partial charge in [0.15, 0.2) is 0 Å². The largest absolute Gasteiger partial charge is 0.481 e. The number of hydrogen-bond donors (Lipinski definition) is 3. The normalized spacial score (nSPS) is 30.2. The summed E-state index contributed by atoms with van der Waals surface area (Å²) >= 11 is 0. The van der Waals surface area contributed by atoms with E-state index < -0.39 is 5.97 Å². The van der Waals surface area contributed by atoms with Crippen LogP contribution in [-0.4, -0.2) is 34.4 Å². The maximum atomic E-state index is 10.3. The highest BCUT2D eigenvalue weighted by molar-refractivity contribution is 5.66. The molecule has 0 amide bonds. The molecule has 3 N–H and O–H groups in total. The fourth-order valence-corrected chi connectivity index (χ4v) is 2.26. The molecular formula is C12H23NO3. The lowest BCUT2D eigenvalue weighted by Gasteiger charge is -2.32. The zero-order chi connectivity index (χ0) is 12.0. The number of aliphatic hydroxyl groups is 1. The molecule has 4 nitrogen and oxygen atoms in total. The van der Waals surface area contributed by atoms with Crippen LogP contribution in [0.1, 0.15) is 51.9 Å². The second-order valence-electron chi connectivity index (χ2n) is 4.79. The SMILES string of the molecule is C[C@@H]1N[C@H](CCCCCC(=O)O)CC[C@@H]1O. The number of rotatable bonds is 6. The molecule has 0 aromatic heterocycles. The molecule has 1 fully saturated rings. The molecule has 0 radical (unpaired) electrons. The maximum Gasteiger partial charge on any atom is 0.303 e. The first kappa shape index (κ1) is 13.5. The summed E-state index contributed by atoms with van der Waals surface area (Å²) in [5.41, 5.74) is 0. The Bertz CT molecular complexity index is 220. The van der Waals surface area contributed by atoms with Gasteiger partial charge in [0.25, 0.3) is 0 Å². The van der Waals surface area contributed by atoms with Crippen molar-refractivity contribution in [3.63, 3.8) is 0 Å². The molecule has 16 heavy (non-hydrogen) atoms. The molecule has 1 rings (SSSR count). The van der Waals surface area contributed by atoms with Crippen LogP contribution >= 0.6 is 0 Å². The highest BCUT2D eigenvalue weighted by Gasteiger charge is 2.24. The summed E-state index contributed by atoms with van der Waals surface area (Å²) in [5, 5.41) is 21.4. The molecule has 0 saturated carbocycles. The van der Waals surface area contributed by atoms with Gasteiger partial charge >= 0.3 is 5.97 Å². The molecule has 0 unspecified atom stereocenters. The van der Waals surface area contributed by atoms with Crippen molar-refractivity contribution in [2.24, 2.45) is 0 Å². The van der Waals surface area contributed by atoms with Gasteiger partial charge in [-0.1, -0.05) is 12.8 Å². The van der Waals surface area contributed by atoms with Crippen LogP contribution in [0.25, 0.3) is 0 Å². The van der Waals surface area contributed by atoms with Crippen molar-refractivity contribution in [1.82, 2.24) is 5.32 Å². The van der Waals surface area contributed by atoms with Crippen LogP contribution in [0.3, 0.4) is 0 Å². The third kappa shape index (κ3) is 4.94. The fraction of sp³-hybridized carbons (Fsp3) is 0.917. The number of carboxylic acid groups (broad SMARTS) is 1. The Labute approximate surface area is 97.0 Å². The van der Waals surface area contributed by atoms with Gasteiger partial charge < -0.3 is 15.5 Å². The second kappa shape index (κ2) is 6.86. The first-order valence-corrected chi connectivity index (χ1v) is 6.25. The summed E-state index contributed by atoms with van der Waals surface area (Å²) in [4.78, 5) is 10.3. The van der Waals surface area contributed by atoms with E-state index in [4.69, 9.17) is 5.11 Å². The van der Waals surface area contributed by atoms with Gasteiger partial charge in [-0.3, -0.25) is 4.79 Å². The van der Waals surface area contributed by atoms with E-state index in [0.717, 1.165) is 38.5 Å². The van der Waals surface area contributed by atoms with Gasteiger partial charge in [0, 0.05) is 18.5 Å². The van der Waals surface area contributed by atoms with E-state index in [-0.39, 0.29) is 18.6 Å². The fourth-order valence-electron chi connectivity index (χ4n) is 2.26. The zero-order valence-electron chi connectivity index (χ0n) is 9.98. The van der Waals surface area contributed by atoms with E-state index >= 15 is 0 Å². The third-order valence-electron chi connectivity index (χ3n) is 3.33. The van der Waals surface area contributed by atoms with E-state index in [0.29, 0.717) is 6.04 Å². The maximum absolute atomic E-state index is 10.3. The second-order valence-corrected chi connectivity index (χ2v) is 4.79. The lowest BCUT2D eigenvalue weighted by Crippen LogP contribution is -2.48. The predicted molar refractivity (Wildman–Crippen MR) is 62.3 cm³/mol. The Morgan fingerprint density at radius 2 is 2.06 bits per heavy atom. The minimum absolute atomic E-state index is 0.192. The van der Waals surface area contributed by atoms with Crippen LogP contribution in [0, 0.1) is 0 Å². The Morgan fingerprint density at radius 1 is 1.31 bits per heavy atom. The van der Waals surface area contributed by atoms with Gasteiger partial charge in [-0.05, 0) is 32.6 Å². The summed E-state index contributed by atoms with van der Waals surface area (Å²) in [6.07, 6.45) is 5.93. The minimum atomic E-state index is -0.701. The molecule has 4 heteroatoms. The molecular weight excluding hydrogens is 206 g/mol. The van der Waals surface area contributed by atoms with Crippen molar-refractivity contribution in [2.45, 2.75) is 70.1 Å². The van der Waals surface area contributed by atoms with Crippen molar-refractivity contribution in [1.29, 1.82) is 0 Å². The number of unbranched alkanes of at least 4 members (excludes halogenated alkanes) is 2. The molecule has 3 atom stereocenters. The van der Waals surface area contributed by atoms with E-state index in [1.165, 1.54) is 0 Å². The summed E-state index contributed by atoms with van der Waals surface area (Å²) < 4.78 is 0. The van der Waals surface area contributed by atoms with Gasteiger partial charge in [0.05, 0.1) is 6.10 Å². The number of aliphatic carboxylic acids is 1. The van der Waals surface area contributed by atoms with E-state index in [1.54, 1.807) is 0 Å². The Hall–Kier alpha value is -0.610. The van der Waals surface area contributed by atoms with Crippen LogP contribution < -0.4 is 5.32 Å². The average molecular weight is 229 g/mol. The van der Waals surface area contributed by atoms with Crippen molar-refractivity contribution in [3.8, 4) is 0 Å². The smallest absolute Gasteiger partial charge is 0.303 e. The first-order chi connectivity index (χ1) is 7.59. The Morgan fingerprint density at radius 3 is 2.69 bits per heavy atom. The van der Waals surface area contributed by atoms with Crippen LogP contribution in [-0.2, 0) is 4.79 Å². The number of carbonyl (C=O) groups is 1. The van der Waals surface area contributed by atoms with Crippen molar-refractivity contribution in [2.75, 3.05) is 0 Å². The van der Waals surface area contributed by atoms with Crippen molar-refractivity contribution in [3.05, 3.63) is 0 Å².